The lowest BCUT2D eigenvalue weighted by Crippen LogP contribution is -2.39. The molecule has 2 aliphatic rings. The first kappa shape index (κ1) is 31.6. The highest BCUT2D eigenvalue weighted by Gasteiger charge is 2.44. The van der Waals surface area contributed by atoms with Crippen molar-refractivity contribution in [3.05, 3.63) is 83.4 Å². The molecule has 0 amide bonds. The second-order valence-corrected chi connectivity index (χ2v) is 12.4. The molecule has 0 radical (unpaired) electrons. The summed E-state index contributed by atoms with van der Waals surface area (Å²) in [5.41, 5.74) is 1.59. The molecule has 2 aliphatic carbocycles. The van der Waals surface area contributed by atoms with Gasteiger partial charge in [-0.3, -0.25) is 0 Å². The number of benzene rings is 3. The number of alkyl halides is 2. The van der Waals surface area contributed by atoms with E-state index in [0.717, 1.165) is 37.0 Å². The molecule has 7 heteroatoms. The van der Waals surface area contributed by atoms with Crippen LogP contribution in [0.1, 0.15) is 95.5 Å². The Morgan fingerprint density at radius 3 is 1.86 bits per heavy atom. The topological polar surface area (TPSA) is 9.23 Å². The van der Waals surface area contributed by atoms with Crippen LogP contribution in [-0.4, -0.2) is 12.2 Å². The fourth-order valence-corrected chi connectivity index (χ4v) is 6.90. The first-order valence-electron chi connectivity index (χ1n) is 15.7. The van der Waals surface area contributed by atoms with Crippen molar-refractivity contribution in [2.24, 2.45) is 11.8 Å². The van der Waals surface area contributed by atoms with Crippen LogP contribution in [-0.2, 0) is 4.74 Å². The van der Waals surface area contributed by atoms with Crippen molar-refractivity contribution in [1.29, 1.82) is 0 Å². The van der Waals surface area contributed by atoms with Crippen LogP contribution in [0.2, 0.25) is 0 Å². The van der Waals surface area contributed by atoms with Crippen molar-refractivity contribution >= 4 is 0 Å². The van der Waals surface area contributed by atoms with Gasteiger partial charge in [-0.25, -0.2) is 17.6 Å². The highest BCUT2D eigenvalue weighted by atomic mass is 19.3. The summed E-state index contributed by atoms with van der Waals surface area (Å²) in [4.78, 5) is 0. The summed E-state index contributed by atoms with van der Waals surface area (Å²) in [5, 5.41) is 0. The molecule has 2 saturated carbocycles. The van der Waals surface area contributed by atoms with E-state index in [0.29, 0.717) is 50.0 Å². The monoisotopic (exact) mass is 602 g/mol. The summed E-state index contributed by atoms with van der Waals surface area (Å²) in [6.45, 7) is 2.17. The summed E-state index contributed by atoms with van der Waals surface area (Å²) >= 11 is 0. The van der Waals surface area contributed by atoms with Gasteiger partial charge < -0.3 is 4.74 Å². The third kappa shape index (κ3) is 7.65. The summed E-state index contributed by atoms with van der Waals surface area (Å²) in [6, 6.07) is 12.1. The van der Waals surface area contributed by atoms with Gasteiger partial charge in [0.15, 0.2) is 11.6 Å². The van der Waals surface area contributed by atoms with Crippen molar-refractivity contribution < 1.29 is 31.1 Å². The molecule has 43 heavy (non-hydrogen) atoms. The number of hydrogen-bond donors (Lipinski definition) is 0. The first-order valence-corrected chi connectivity index (χ1v) is 15.7. The fraction of sp³-hybridized carbons (Fsp3) is 0.500. The average molecular weight is 603 g/mol. The minimum Gasteiger partial charge on any atom is -0.317 e. The predicted octanol–water partition coefficient (Wildman–Crippen LogP) is 11.6. The summed E-state index contributed by atoms with van der Waals surface area (Å²) in [7, 11) is 0. The van der Waals surface area contributed by atoms with Crippen LogP contribution in [0.3, 0.4) is 0 Å². The molecule has 3 aromatic carbocycles. The Labute approximate surface area is 250 Å². The zero-order valence-electron chi connectivity index (χ0n) is 24.7. The summed E-state index contributed by atoms with van der Waals surface area (Å²) in [6.07, 6.45) is 6.06. The normalized spacial score (nSPS) is 23.0. The van der Waals surface area contributed by atoms with Crippen molar-refractivity contribution in [3.63, 3.8) is 0 Å². The average Bonchev–Trinajstić information content (AvgIpc) is 2.99. The van der Waals surface area contributed by atoms with E-state index in [2.05, 4.69) is 6.92 Å². The maximum absolute atomic E-state index is 15.2. The maximum Gasteiger partial charge on any atom is 0.358 e. The van der Waals surface area contributed by atoms with Gasteiger partial charge in [0.2, 0.25) is 0 Å². The summed E-state index contributed by atoms with van der Waals surface area (Å²) < 4.78 is 92.6. The lowest BCUT2D eigenvalue weighted by Gasteiger charge is -2.37. The van der Waals surface area contributed by atoms with Gasteiger partial charge in [0.25, 0.3) is 0 Å². The Hall–Kier alpha value is -2.80. The van der Waals surface area contributed by atoms with Crippen LogP contribution in [0.4, 0.5) is 26.3 Å². The van der Waals surface area contributed by atoms with Crippen LogP contribution >= 0.6 is 0 Å². The first-order chi connectivity index (χ1) is 20.6. The molecule has 0 heterocycles. The van der Waals surface area contributed by atoms with Crippen molar-refractivity contribution in [1.82, 2.24) is 0 Å². The van der Waals surface area contributed by atoms with Crippen LogP contribution in [0.5, 0.6) is 0 Å². The largest absolute Gasteiger partial charge is 0.358 e. The molecule has 0 aromatic heterocycles. The number of rotatable bonds is 10. The van der Waals surface area contributed by atoms with E-state index < -0.39 is 41.4 Å². The van der Waals surface area contributed by atoms with E-state index >= 15 is 13.2 Å². The van der Waals surface area contributed by atoms with Crippen molar-refractivity contribution in [2.75, 3.05) is 0 Å². The Kier molecular flexibility index (Phi) is 10.2. The smallest absolute Gasteiger partial charge is 0.317 e. The minimum absolute atomic E-state index is 0.0306. The van der Waals surface area contributed by atoms with Gasteiger partial charge in [-0.05, 0) is 104 Å². The van der Waals surface area contributed by atoms with Gasteiger partial charge in [0.1, 0.15) is 11.6 Å². The van der Waals surface area contributed by atoms with E-state index in [1.165, 1.54) is 43.5 Å². The van der Waals surface area contributed by atoms with Gasteiger partial charge >= 0.3 is 6.11 Å². The van der Waals surface area contributed by atoms with Gasteiger partial charge in [-0.15, -0.1) is 0 Å². The highest BCUT2D eigenvalue weighted by molar-refractivity contribution is 5.71. The van der Waals surface area contributed by atoms with Gasteiger partial charge in [0, 0.05) is 11.1 Å². The zero-order valence-corrected chi connectivity index (χ0v) is 24.7. The van der Waals surface area contributed by atoms with Gasteiger partial charge in [-0.2, -0.15) is 8.78 Å². The highest BCUT2D eigenvalue weighted by Crippen LogP contribution is 2.44. The molecule has 1 nitrogen and oxygen atoms in total. The summed E-state index contributed by atoms with van der Waals surface area (Å²) in [5.74, 6) is -3.41. The zero-order chi connectivity index (χ0) is 30.6. The Bertz CT molecular complexity index is 1370. The fourth-order valence-electron chi connectivity index (χ4n) is 6.90. The molecule has 0 bridgehead atoms. The Morgan fingerprint density at radius 2 is 1.26 bits per heavy atom. The van der Waals surface area contributed by atoms with Gasteiger partial charge in [0.05, 0.1) is 12.0 Å². The predicted molar refractivity (Wildman–Crippen MR) is 158 cm³/mol. The lowest BCUT2D eigenvalue weighted by atomic mass is 9.79. The van der Waals surface area contributed by atoms with Crippen LogP contribution < -0.4 is 0 Å². The molecular weight excluding hydrogens is 562 g/mol. The Morgan fingerprint density at radius 1 is 0.651 bits per heavy atom. The second kappa shape index (κ2) is 13.9. The van der Waals surface area contributed by atoms with Crippen molar-refractivity contribution in [3.8, 4) is 22.3 Å². The third-order valence-corrected chi connectivity index (χ3v) is 9.51. The van der Waals surface area contributed by atoms with Crippen LogP contribution in [0.15, 0.2) is 54.6 Å². The third-order valence-electron chi connectivity index (χ3n) is 9.51. The standard InChI is InChI=1S/C36H40F6O/c1-2-3-4-5-23-6-13-28(14-7-23)36(41,42)43-29-15-8-24(9-16-29)25-10-17-30(33(38)20-25)26-11-18-31(34(39)21-26)27-12-19-32(37)35(40)22-27/h10-12,17-24,28-29H,2-9,13-16H2,1H3. The van der Waals surface area contributed by atoms with E-state index in [4.69, 9.17) is 4.74 Å². The van der Waals surface area contributed by atoms with E-state index in [1.807, 2.05) is 0 Å². The van der Waals surface area contributed by atoms with Crippen molar-refractivity contribution in [2.45, 2.75) is 102 Å². The Balaban J connectivity index is 1.15. The quantitative estimate of drug-likeness (QED) is 0.166. The number of unbranched alkanes of at least 4 members (excludes halogenated alkanes) is 2. The molecule has 0 aliphatic heterocycles. The molecule has 0 spiro atoms. The van der Waals surface area contributed by atoms with Gasteiger partial charge in [-0.1, -0.05) is 62.9 Å². The second-order valence-electron chi connectivity index (χ2n) is 12.4. The SMILES string of the molecule is CCCCCC1CCC(C(F)(F)OC2CCC(c3ccc(-c4ccc(-c5ccc(F)c(F)c5)c(F)c4)c(F)c3)CC2)CC1. The van der Waals surface area contributed by atoms with E-state index in [9.17, 15) is 13.2 Å². The molecular formula is C36H40F6O. The molecule has 2 fully saturated rings. The molecule has 0 saturated heterocycles. The molecule has 5 rings (SSSR count). The minimum atomic E-state index is -3.12. The molecule has 0 unspecified atom stereocenters. The number of hydrogen-bond acceptors (Lipinski definition) is 1. The molecule has 0 N–H and O–H groups in total. The molecule has 3 aromatic rings. The maximum atomic E-state index is 15.2. The van der Waals surface area contributed by atoms with E-state index in [-0.39, 0.29) is 22.6 Å². The lowest BCUT2D eigenvalue weighted by molar-refractivity contribution is -0.301. The van der Waals surface area contributed by atoms with Crippen LogP contribution in [0.25, 0.3) is 22.3 Å². The molecule has 232 valence electrons. The van der Waals surface area contributed by atoms with Crippen LogP contribution in [0, 0.1) is 35.1 Å². The van der Waals surface area contributed by atoms with E-state index in [1.54, 1.807) is 18.2 Å². The number of ether oxygens (including phenoxy) is 1. The molecule has 0 atom stereocenters. The number of halogens is 6.